The van der Waals surface area contributed by atoms with Gasteiger partial charge in [-0.15, -0.1) is 11.3 Å². The van der Waals surface area contributed by atoms with Crippen molar-refractivity contribution in [2.75, 3.05) is 5.32 Å². The highest BCUT2D eigenvalue weighted by Gasteiger charge is 2.27. The number of H-pyrrole nitrogens is 1. The van der Waals surface area contributed by atoms with Crippen molar-refractivity contribution in [3.05, 3.63) is 128 Å². The van der Waals surface area contributed by atoms with Gasteiger partial charge in [0.2, 0.25) is 0 Å². The van der Waals surface area contributed by atoms with E-state index in [0.717, 1.165) is 4.88 Å². The zero-order valence-corrected chi connectivity index (χ0v) is 19.8. The van der Waals surface area contributed by atoms with E-state index >= 15 is 0 Å². The second kappa shape index (κ2) is 10.0. The number of hydrogen-bond acceptors (Lipinski definition) is 7. The first-order valence-electron chi connectivity index (χ1n) is 10.7. The monoisotopic (exact) mass is 502 g/mol. The molecule has 8 nitrogen and oxygen atoms in total. The average molecular weight is 503 g/mol. The maximum Gasteiger partial charge on any atom is 0.280 e. The summed E-state index contributed by atoms with van der Waals surface area (Å²) in [6.07, 6.45) is 4.78. The number of rotatable bonds is 7. The Kier molecular flexibility index (Phi) is 6.51. The molecule has 5 rings (SSSR count). The molecule has 0 aliphatic rings. The van der Waals surface area contributed by atoms with Crippen LogP contribution in [-0.2, 0) is 6.54 Å². The number of carbonyl (C=O) groups is 1. The van der Waals surface area contributed by atoms with Crippen molar-refractivity contribution in [3.8, 4) is 0 Å². The van der Waals surface area contributed by atoms with Gasteiger partial charge in [0.25, 0.3) is 11.5 Å². The Morgan fingerprint density at radius 3 is 2.57 bits per heavy atom. The summed E-state index contributed by atoms with van der Waals surface area (Å²) in [4.78, 5) is 38.6. The lowest BCUT2D eigenvalue weighted by molar-refractivity contribution is 0.0947. The number of pyridine rings is 1. The third-order valence-electron chi connectivity index (χ3n) is 5.31. The van der Waals surface area contributed by atoms with E-state index in [2.05, 4.69) is 25.4 Å². The highest BCUT2D eigenvalue weighted by molar-refractivity contribution is 7.16. The third-order valence-corrected chi connectivity index (χ3v) is 6.54. The molecule has 0 amide bonds. The Labute approximate surface area is 209 Å². The fraction of sp³-hybridized carbons (Fsp3) is 0.0800. The molecule has 1 unspecified atom stereocenters. The number of benzene rings is 1. The minimum Gasteiger partial charge on any atom is -0.365 e. The lowest BCUT2D eigenvalue weighted by atomic mass is 9.96. The number of thiophene rings is 1. The van der Waals surface area contributed by atoms with Gasteiger partial charge >= 0.3 is 0 Å². The molecular weight excluding hydrogens is 484 g/mol. The number of nitrogens with one attached hydrogen (secondary N) is 2. The molecule has 4 aromatic heterocycles. The number of aromatic amines is 1. The van der Waals surface area contributed by atoms with Crippen molar-refractivity contribution in [2.45, 2.75) is 12.5 Å². The largest absolute Gasteiger partial charge is 0.365 e. The highest BCUT2D eigenvalue weighted by Crippen LogP contribution is 2.29. The Bertz CT molecular complexity index is 1510. The summed E-state index contributed by atoms with van der Waals surface area (Å²) in [6.45, 7) is 0.447. The Hall–Kier alpha value is -4.08. The minimum absolute atomic E-state index is 0.281. The Morgan fingerprint density at radius 1 is 1.06 bits per heavy atom. The van der Waals surface area contributed by atoms with Crippen LogP contribution in [0.3, 0.4) is 0 Å². The van der Waals surface area contributed by atoms with Crippen LogP contribution in [0.5, 0.6) is 0 Å². The van der Waals surface area contributed by atoms with Crippen LogP contribution >= 0.6 is 22.9 Å². The summed E-state index contributed by atoms with van der Waals surface area (Å²) >= 11 is 7.52. The van der Waals surface area contributed by atoms with Crippen LogP contribution in [0, 0.1) is 0 Å². The number of halogens is 1. The van der Waals surface area contributed by atoms with E-state index in [1.54, 1.807) is 67.1 Å². The maximum atomic E-state index is 13.4. The van der Waals surface area contributed by atoms with Gasteiger partial charge in [0.05, 0.1) is 22.5 Å². The topological polar surface area (TPSA) is 106 Å². The molecule has 0 aliphatic carbocycles. The summed E-state index contributed by atoms with van der Waals surface area (Å²) in [5.74, 6) is -0.106. The number of nitrogens with zero attached hydrogens (tertiary/aromatic N) is 4. The van der Waals surface area contributed by atoms with E-state index in [1.165, 1.54) is 16.0 Å². The summed E-state index contributed by atoms with van der Waals surface area (Å²) in [6, 6.07) is 19.5. The first-order valence-corrected chi connectivity index (χ1v) is 11.9. The maximum absolute atomic E-state index is 13.4. The summed E-state index contributed by atoms with van der Waals surface area (Å²) in [5.41, 5.74) is 1.09. The molecule has 4 heterocycles. The summed E-state index contributed by atoms with van der Waals surface area (Å²) in [5, 5.41) is 7.94. The van der Waals surface area contributed by atoms with E-state index in [0.29, 0.717) is 39.3 Å². The van der Waals surface area contributed by atoms with Gasteiger partial charge in [-0.2, -0.15) is 9.78 Å². The fourth-order valence-electron chi connectivity index (χ4n) is 3.70. The van der Waals surface area contributed by atoms with Gasteiger partial charge in [0, 0.05) is 40.7 Å². The number of carbonyl (C=O) groups excluding carboxylic acids is 1. The smallest absolute Gasteiger partial charge is 0.280 e. The van der Waals surface area contributed by atoms with Crippen molar-refractivity contribution < 1.29 is 4.79 Å². The van der Waals surface area contributed by atoms with Crippen molar-refractivity contribution in [1.29, 1.82) is 0 Å². The first kappa shape index (κ1) is 22.7. The third kappa shape index (κ3) is 4.91. The van der Waals surface area contributed by atoms with Crippen molar-refractivity contribution in [2.24, 2.45) is 0 Å². The van der Waals surface area contributed by atoms with E-state index in [4.69, 9.17) is 11.6 Å². The molecule has 0 spiro atoms. The number of anilines is 1. The molecule has 10 heteroatoms. The van der Waals surface area contributed by atoms with E-state index in [1.807, 2.05) is 18.2 Å². The predicted molar refractivity (Wildman–Crippen MR) is 135 cm³/mol. The fourth-order valence-corrected chi connectivity index (χ4v) is 4.73. The van der Waals surface area contributed by atoms with Crippen LogP contribution < -0.4 is 10.9 Å². The van der Waals surface area contributed by atoms with Gasteiger partial charge < -0.3 is 10.3 Å². The molecule has 2 N–H and O–H groups in total. The molecule has 0 saturated heterocycles. The van der Waals surface area contributed by atoms with Crippen LogP contribution in [0.25, 0.3) is 0 Å². The van der Waals surface area contributed by atoms with E-state index < -0.39 is 5.92 Å². The Balaban J connectivity index is 1.61. The molecule has 0 fully saturated rings. The predicted octanol–water partition coefficient (Wildman–Crippen LogP) is 4.56. The second-order valence-electron chi connectivity index (χ2n) is 7.59. The van der Waals surface area contributed by atoms with Gasteiger partial charge in [-0.25, -0.2) is 9.97 Å². The molecule has 0 aliphatic heterocycles. The summed E-state index contributed by atoms with van der Waals surface area (Å²) < 4.78 is 1.99. The van der Waals surface area contributed by atoms with Gasteiger partial charge in [0.1, 0.15) is 11.6 Å². The first-order chi connectivity index (χ1) is 17.1. The normalized spacial score (nSPS) is 11.8. The SMILES string of the molecule is O=C(c1ccccc1)n1nc(C(c2ncccn2)c2ccc[nH]c2=O)cc1NCc1ccc(Cl)s1. The standard InChI is InChI=1S/C25H19ClN6O2S/c26-20-10-9-17(35-20)15-30-21-14-19(31-32(21)25(34)16-6-2-1-3-7-16)22(23-27-12-5-13-28-23)18-8-4-11-29-24(18)33/h1-14,22,30H,15H2,(H,29,33). The zero-order chi connectivity index (χ0) is 24.2. The summed E-state index contributed by atoms with van der Waals surface area (Å²) in [7, 11) is 0. The van der Waals surface area contributed by atoms with Gasteiger partial charge in [-0.3, -0.25) is 9.59 Å². The number of hydrogen-bond donors (Lipinski definition) is 2. The van der Waals surface area contributed by atoms with Gasteiger partial charge in [0.15, 0.2) is 0 Å². The molecule has 0 bridgehead atoms. The molecule has 35 heavy (non-hydrogen) atoms. The van der Waals surface area contributed by atoms with Crippen LogP contribution in [0.2, 0.25) is 4.34 Å². The lowest BCUT2D eigenvalue weighted by Crippen LogP contribution is -2.20. The zero-order valence-electron chi connectivity index (χ0n) is 18.3. The van der Waals surface area contributed by atoms with Crippen molar-refractivity contribution >= 4 is 34.7 Å². The van der Waals surface area contributed by atoms with Crippen LogP contribution in [0.4, 0.5) is 5.82 Å². The molecule has 5 aromatic rings. The average Bonchev–Trinajstić information content (AvgIpc) is 3.51. The number of aromatic nitrogens is 5. The van der Waals surface area contributed by atoms with Gasteiger partial charge in [-0.1, -0.05) is 35.9 Å². The molecular formula is C25H19ClN6O2S. The van der Waals surface area contributed by atoms with Crippen LogP contribution in [-0.4, -0.2) is 30.6 Å². The van der Waals surface area contributed by atoms with Crippen molar-refractivity contribution in [1.82, 2.24) is 24.7 Å². The molecule has 0 saturated carbocycles. The second-order valence-corrected chi connectivity index (χ2v) is 9.39. The lowest BCUT2D eigenvalue weighted by Gasteiger charge is -2.12. The molecule has 1 aromatic carbocycles. The minimum atomic E-state index is -0.678. The van der Waals surface area contributed by atoms with Gasteiger partial charge in [-0.05, 0) is 36.4 Å². The van der Waals surface area contributed by atoms with E-state index in [-0.39, 0.29) is 11.5 Å². The Morgan fingerprint density at radius 2 is 1.86 bits per heavy atom. The van der Waals surface area contributed by atoms with Crippen LogP contribution in [0.15, 0.2) is 90.1 Å². The quantitative estimate of drug-likeness (QED) is 0.338. The molecule has 1 atom stereocenters. The molecule has 174 valence electrons. The van der Waals surface area contributed by atoms with Crippen molar-refractivity contribution in [3.63, 3.8) is 0 Å². The molecule has 0 radical (unpaired) electrons. The van der Waals surface area contributed by atoms with Crippen LogP contribution in [0.1, 0.15) is 38.2 Å². The highest BCUT2D eigenvalue weighted by atomic mass is 35.5. The van der Waals surface area contributed by atoms with E-state index in [9.17, 15) is 9.59 Å².